The summed E-state index contributed by atoms with van der Waals surface area (Å²) in [6.07, 6.45) is 1.71. The molecule has 0 aliphatic carbocycles. The summed E-state index contributed by atoms with van der Waals surface area (Å²) in [4.78, 5) is 19.7. The van der Waals surface area contributed by atoms with E-state index in [4.69, 9.17) is 0 Å². The third kappa shape index (κ3) is 4.15. The molecule has 0 radical (unpaired) electrons. The summed E-state index contributed by atoms with van der Waals surface area (Å²) in [5.74, 6) is -0.497. The zero-order valence-corrected chi connectivity index (χ0v) is 15.2. The normalized spacial score (nSPS) is 11.4. The fourth-order valence-corrected chi connectivity index (χ4v) is 4.11. The average molecular weight is 375 g/mol. The van der Waals surface area contributed by atoms with E-state index in [-0.39, 0.29) is 23.1 Å². The molecule has 0 fully saturated rings. The minimum atomic E-state index is -3.41. The molecule has 1 amide bonds. The Morgan fingerprint density at radius 1 is 1.28 bits per heavy atom. The van der Waals surface area contributed by atoms with Crippen molar-refractivity contribution in [1.29, 1.82) is 0 Å². The molecule has 1 aromatic carbocycles. The van der Waals surface area contributed by atoms with Gasteiger partial charge in [0.1, 0.15) is 5.69 Å². The van der Waals surface area contributed by atoms with Crippen molar-refractivity contribution < 1.29 is 13.2 Å². The summed E-state index contributed by atoms with van der Waals surface area (Å²) in [5.41, 5.74) is 2.01. The predicted octanol–water partition coefficient (Wildman–Crippen LogP) is 2.65. The number of nitrogens with one attached hydrogen (secondary N) is 2. The number of aromatic nitrogens is 2. The maximum atomic E-state index is 12.2. The third-order valence-corrected chi connectivity index (χ3v) is 6.11. The van der Waals surface area contributed by atoms with Crippen LogP contribution in [0.3, 0.4) is 0 Å². The molecule has 2 aromatic heterocycles. The lowest BCUT2D eigenvalue weighted by Crippen LogP contribution is -2.29. The molecule has 6 nitrogen and oxygen atoms in total. The molecule has 0 saturated heterocycles. The van der Waals surface area contributed by atoms with Crippen LogP contribution in [0, 0.1) is 6.92 Å². The van der Waals surface area contributed by atoms with Gasteiger partial charge < -0.3 is 10.3 Å². The number of amides is 1. The second-order valence-electron chi connectivity index (χ2n) is 5.44. The molecule has 8 heteroatoms. The molecule has 0 saturated carbocycles. The molecule has 0 aliphatic rings. The van der Waals surface area contributed by atoms with E-state index in [1.807, 2.05) is 12.3 Å². The number of rotatable bonds is 6. The number of benzene rings is 1. The van der Waals surface area contributed by atoms with Crippen LogP contribution in [-0.2, 0) is 9.84 Å². The fourth-order valence-electron chi connectivity index (χ4n) is 2.31. The zero-order chi connectivity index (χ0) is 17.9. The van der Waals surface area contributed by atoms with E-state index >= 15 is 0 Å². The molecule has 0 unspecified atom stereocenters. The Bertz CT molecular complexity index is 976. The van der Waals surface area contributed by atoms with Crippen molar-refractivity contribution in [3.05, 3.63) is 58.7 Å². The maximum absolute atomic E-state index is 12.2. The van der Waals surface area contributed by atoms with Crippen LogP contribution in [-0.4, -0.2) is 36.6 Å². The third-order valence-electron chi connectivity index (χ3n) is 3.60. The highest BCUT2D eigenvalue weighted by atomic mass is 32.2. The molecule has 0 atom stereocenters. The predicted molar refractivity (Wildman–Crippen MR) is 97.5 cm³/mol. The smallest absolute Gasteiger partial charge is 0.267 e. The quantitative estimate of drug-likeness (QED) is 0.693. The van der Waals surface area contributed by atoms with Gasteiger partial charge in [-0.3, -0.25) is 4.79 Å². The van der Waals surface area contributed by atoms with Crippen molar-refractivity contribution in [3.63, 3.8) is 0 Å². The molecule has 2 N–H and O–H groups in total. The standard InChI is InChI=1S/C17H17N3O3S2/c1-12-20-16(11-24-12)13-9-15(19-10-13)17(21)18-7-8-25(22,23)14-5-3-2-4-6-14/h2-6,9-11,19H,7-8H2,1H3,(H,18,21). The number of aromatic amines is 1. The second kappa shape index (κ2) is 7.20. The molecule has 3 aromatic rings. The Labute approximate surface area is 149 Å². The van der Waals surface area contributed by atoms with E-state index in [2.05, 4.69) is 15.3 Å². The van der Waals surface area contributed by atoms with Crippen LogP contribution in [0.4, 0.5) is 0 Å². The van der Waals surface area contributed by atoms with Gasteiger partial charge in [0.25, 0.3) is 5.91 Å². The number of H-pyrrole nitrogens is 1. The van der Waals surface area contributed by atoms with Crippen LogP contribution in [0.25, 0.3) is 11.3 Å². The lowest BCUT2D eigenvalue weighted by Gasteiger charge is -2.05. The number of nitrogens with zero attached hydrogens (tertiary/aromatic N) is 1. The van der Waals surface area contributed by atoms with Gasteiger partial charge in [-0.25, -0.2) is 13.4 Å². The van der Waals surface area contributed by atoms with Gasteiger partial charge >= 0.3 is 0 Å². The summed E-state index contributed by atoms with van der Waals surface area (Å²) in [6, 6.07) is 9.90. The van der Waals surface area contributed by atoms with Crippen molar-refractivity contribution in [2.24, 2.45) is 0 Å². The van der Waals surface area contributed by atoms with E-state index in [9.17, 15) is 13.2 Å². The topological polar surface area (TPSA) is 91.9 Å². The molecule has 130 valence electrons. The van der Waals surface area contributed by atoms with Crippen LogP contribution < -0.4 is 5.32 Å². The number of carbonyl (C=O) groups excluding carboxylic acids is 1. The van der Waals surface area contributed by atoms with E-state index in [1.165, 1.54) is 11.3 Å². The lowest BCUT2D eigenvalue weighted by molar-refractivity contribution is 0.0952. The van der Waals surface area contributed by atoms with Gasteiger partial charge in [0.15, 0.2) is 9.84 Å². The van der Waals surface area contributed by atoms with Crippen LogP contribution in [0.2, 0.25) is 0 Å². The molecule has 3 rings (SSSR count). The molecule has 0 aliphatic heterocycles. The van der Waals surface area contributed by atoms with Gasteiger partial charge in [0.05, 0.1) is 21.3 Å². The summed E-state index contributed by atoms with van der Waals surface area (Å²) >= 11 is 1.54. The van der Waals surface area contributed by atoms with Gasteiger partial charge in [-0.2, -0.15) is 0 Å². The number of aryl methyl sites for hydroxylation is 1. The number of hydrogen-bond acceptors (Lipinski definition) is 5. The minimum Gasteiger partial charge on any atom is -0.357 e. The van der Waals surface area contributed by atoms with Crippen molar-refractivity contribution in [2.75, 3.05) is 12.3 Å². The fraction of sp³-hybridized carbons (Fsp3) is 0.176. The van der Waals surface area contributed by atoms with Crippen LogP contribution in [0.15, 0.2) is 52.9 Å². The molecule has 0 bridgehead atoms. The second-order valence-corrected chi connectivity index (χ2v) is 8.61. The van der Waals surface area contributed by atoms with Crippen LogP contribution in [0.1, 0.15) is 15.5 Å². The van der Waals surface area contributed by atoms with E-state index in [0.29, 0.717) is 5.69 Å². The first-order valence-electron chi connectivity index (χ1n) is 7.62. The number of thiazole rings is 1. The minimum absolute atomic E-state index is 0.0419. The highest BCUT2D eigenvalue weighted by molar-refractivity contribution is 7.91. The van der Waals surface area contributed by atoms with E-state index < -0.39 is 9.84 Å². The Morgan fingerprint density at radius 2 is 2.04 bits per heavy atom. The van der Waals surface area contributed by atoms with Gasteiger partial charge in [-0.15, -0.1) is 11.3 Å². The van der Waals surface area contributed by atoms with Crippen LogP contribution in [0.5, 0.6) is 0 Å². The first-order valence-corrected chi connectivity index (χ1v) is 10.2. The average Bonchev–Trinajstić information content (AvgIpc) is 3.24. The Kier molecular flexibility index (Phi) is 5.00. The monoisotopic (exact) mass is 375 g/mol. The Morgan fingerprint density at radius 3 is 2.72 bits per heavy atom. The maximum Gasteiger partial charge on any atom is 0.267 e. The lowest BCUT2D eigenvalue weighted by atomic mass is 10.2. The zero-order valence-electron chi connectivity index (χ0n) is 13.5. The van der Waals surface area contributed by atoms with Gasteiger partial charge in [-0.1, -0.05) is 18.2 Å². The molecule has 0 spiro atoms. The van der Waals surface area contributed by atoms with Gasteiger partial charge in [-0.05, 0) is 25.1 Å². The first kappa shape index (κ1) is 17.4. The van der Waals surface area contributed by atoms with Crippen molar-refractivity contribution >= 4 is 27.1 Å². The van der Waals surface area contributed by atoms with Crippen LogP contribution >= 0.6 is 11.3 Å². The highest BCUT2D eigenvalue weighted by Crippen LogP contribution is 2.22. The van der Waals surface area contributed by atoms with Crippen molar-refractivity contribution in [3.8, 4) is 11.3 Å². The van der Waals surface area contributed by atoms with Gasteiger partial charge in [0, 0.05) is 23.7 Å². The summed E-state index contributed by atoms with van der Waals surface area (Å²) in [5, 5.41) is 5.50. The summed E-state index contributed by atoms with van der Waals surface area (Å²) in [6.45, 7) is 1.96. The largest absolute Gasteiger partial charge is 0.357 e. The Hall–Kier alpha value is -2.45. The molecule has 2 heterocycles. The van der Waals surface area contributed by atoms with E-state index in [1.54, 1.807) is 42.6 Å². The van der Waals surface area contributed by atoms with Crippen molar-refractivity contribution in [1.82, 2.24) is 15.3 Å². The van der Waals surface area contributed by atoms with Gasteiger partial charge in [0.2, 0.25) is 0 Å². The SMILES string of the molecule is Cc1nc(-c2c[nH]c(C(=O)NCCS(=O)(=O)c3ccccc3)c2)cs1. The van der Waals surface area contributed by atoms with Crippen molar-refractivity contribution in [2.45, 2.75) is 11.8 Å². The Balaban J connectivity index is 1.59. The van der Waals surface area contributed by atoms with E-state index in [0.717, 1.165) is 16.3 Å². The molecular formula is C17H17N3O3S2. The summed E-state index contributed by atoms with van der Waals surface area (Å²) in [7, 11) is -3.41. The molecular weight excluding hydrogens is 358 g/mol. The number of hydrogen-bond donors (Lipinski definition) is 2. The number of sulfone groups is 1. The highest BCUT2D eigenvalue weighted by Gasteiger charge is 2.15. The summed E-state index contributed by atoms with van der Waals surface area (Å²) < 4.78 is 24.4. The molecule has 25 heavy (non-hydrogen) atoms. The number of carbonyl (C=O) groups is 1. The first-order chi connectivity index (χ1) is 12.0.